The molecule has 1 aromatic carbocycles. The normalized spacial score (nSPS) is 14.2. The number of hydrogen-bond donors (Lipinski definition) is 1. The van der Waals surface area contributed by atoms with Gasteiger partial charge in [0.15, 0.2) is 0 Å². The van der Waals surface area contributed by atoms with Crippen molar-refractivity contribution in [1.82, 2.24) is 9.99 Å². The summed E-state index contributed by atoms with van der Waals surface area (Å²) in [7, 11) is 1.51. The van der Waals surface area contributed by atoms with Gasteiger partial charge in [0.1, 0.15) is 17.3 Å². The lowest BCUT2D eigenvalue weighted by molar-refractivity contribution is -0.130. The van der Waals surface area contributed by atoms with Crippen molar-refractivity contribution in [3.8, 4) is 0 Å². The molecule has 0 atom stereocenters. The molecule has 0 saturated carbocycles. The van der Waals surface area contributed by atoms with E-state index < -0.39 is 0 Å². The van der Waals surface area contributed by atoms with E-state index in [-0.39, 0.29) is 29.8 Å². The number of nitrogens with one attached hydrogen (secondary N) is 1. The zero-order valence-electron chi connectivity index (χ0n) is 14.0. The van der Waals surface area contributed by atoms with Gasteiger partial charge in [-0.2, -0.15) is 5.10 Å². The fourth-order valence-corrected chi connectivity index (χ4v) is 2.82. The second-order valence-corrected chi connectivity index (χ2v) is 6.36. The van der Waals surface area contributed by atoms with Gasteiger partial charge in [0.25, 0.3) is 5.91 Å². The molecule has 0 aliphatic carbocycles. The number of anilines is 1. The number of nitrogens with zero attached hydrogens (tertiary/aromatic N) is 3. The van der Waals surface area contributed by atoms with Crippen LogP contribution in [-0.4, -0.2) is 34.6 Å². The van der Waals surface area contributed by atoms with Crippen LogP contribution in [0.1, 0.15) is 24.0 Å². The van der Waals surface area contributed by atoms with Gasteiger partial charge < -0.3 is 5.32 Å². The molecular weight excluding hydrogens is 359 g/mol. The van der Waals surface area contributed by atoms with E-state index >= 15 is 0 Å². The third kappa shape index (κ3) is 4.43. The van der Waals surface area contributed by atoms with Crippen LogP contribution in [0.25, 0.3) is 0 Å². The molecule has 0 saturated heterocycles. The number of carbonyl (C=O) groups is 2. The van der Waals surface area contributed by atoms with Gasteiger partial charge in [0, 0.05) is 31.1 Å². The number of benzene rings is 1. The van der Waals surface area contributed by atoms with E-state index in [2.05, 4.69) is 15.4 Å². The number of pyridine rings is 1. The highest BCUT2D eigenvalue weighted by Gasteiger charge is 2.22. The summed E-state index contributed by atoms with van der Waals surface area (Å²) in [6, 6.07) is 7.81. The Morgan fingerprint density at radius 2 is 2.08 bits per heavy atom. The summed E-state index contributed by atoms with van der Waals surface area (Å²) in [5, 5.41) is 8.13. The number of amides is 2. The first kappa shape index (κ1) is 18.0. The summed E-state index contributed by atoms with van der Waals surface area (Å²) in [5.74, 6) is -0.526. The zero-order chi connectivity index (χ0) is 18.7. The molecule has 0 spiro atoms. The van der Waals surface area contributed by atoms with Crippen molar-refractivity contribution in [2.75, 3.05) is 12.4 Å². The van der Waals surface area contributed by atoms with Gasteiger partial charge in [0.2, 0.25) is 5.91 Å². The van der Waals surface area contributed by atoms with E-state index in [1.165, 1.54) is 24.2 Å². The second kappa shape index (κ2) is 7.61. The van der Waals surface area contributed by atoms with Gasteiger partial charge in [-0.15, -0.1) is 0 Å². The molecule has 0 bridgehead atoms. The third-order valence-electron chi connectivity index (χ3n) is 3.87. The summed E-state index contributed by atoms with van der Waals surface area (Å²) < 4.78 is 13.4. The first-order valence-corrected chi connectivity index (χ1v) is 8.34. The van der Waals surface area contributed by atoms with Crippen molar-refractivity contribution in [3.05, 3.63) is 58.5 Å². The van der Waals surface area contributed by atoms with Crippen molar-refractivity contribution >= 4 is 34.9 Å². The van der Waals surface area contributed by atoms with Gasteiger partial charge in [-0.1, -0.05) is 17.7 Å². The lowest BCUT2D eigenvalue weighted by Crippen LogP contribution is -2.34. The minimum Gasteiger partial charge on any atom is -0.305 e. The quantitative estimate of drug-likeness (QED) is 0.893. The Kier molecular flexibility index (Phi) is 5.27. The summed E-state index contributed by atoms with van der Waals surface area (Å²) >= 11 is 5.85. The van der Waals surface area contributed by atoms with Crippen molar-refractivity contribution in [2.45, 2.75) is 19.3 Å². The summed E-state index contributed by atoms with van der Waals surface area (Å²) in [6.45, 7) is 0. The lowest BCUT2D eigenvalue weighted by atomic mass is 10.1. The predicted octanol–water partition coefficient (Wildman–Crippen LogP) is 3.01. The molecular formula is C18H16ClFN4O2. The van der Waals surface area contributed by atoms with Crippen LogP contribution in [-0.2, 0) is 16.0 Å². The molecule has 6 nitrogen and oxygen atoms in total. The molecule has 1 aliphatic rings. The van der Waals surface area contributed by atoms with Crippen LogP contribution >= 0.6 is 11.6 Å². The smallest absolute Gasteiger partial charge is 0.273 e. The highest BCUT2D eigenvalue weighted by Crippen LogP contribution is 2.18. The Morgan fingerprint density at radius 3 is 2.73 bits per heavy atom. The maximum atomic E-state index is 13.4. The third-order valence-corrected chi connectivity index (χ3v) is 4.08. The fraction of sp³-hybridized carbons (Fsp3) is 0.222. The van der Waals surface area contributed by atoms with Crippen molar-refractivity contribution in [2.24, 2.45) is 5.10 Å². The minimum absolute atomic E-state index is 0.124. The fourth-order valence-electron chi connectivity index (χ4n) is 2.57. The Balaban J connectivity index is 1.65. The molecule has 8 heteroatoms. The molecule has 0 fully saturated rings. The van der Waals surface area contributed by atoms with Crippen molar-refractivity contribution in [3.63, 3.8) is 0 Å². The molecule has 1 N–H and O–H groups in total. The van der Waals surface area contributed by atoms with Gasteiger partial charge in [-0.3, -0.25) is 9.59 Å². The molecule has 2 amide bonds. The first-order chi connectivity index (χ1) is 12.4. The standard InChI is InChI=1S/C18H16ClFN4O2/c1-24-17(25)5-3-15(23-24)18(26)22-16-4-2-11(10-21-16)6-12-7-13(19)9-14(20)8-12/h2,4,7-10H,3,5-6H2,1H3,(H,21,22,26). The van der Waals surface area contributed by atoms with E-state index in [4.69, 9.17) is 11.6 Å². The number of halogens is 2. The van der Waals surface area contributed by atoms with Gasteiger partial charge in [0.05, 0.1) is 0 Å². The van der Waals surface area contributed by atoms with E-state index in [0.29, 0.717) is 23.7 Å². The number of hydrogen-bond acceptors (Lipinski definition) is 4. The number of hydrazone groups is 1. The maximum absolute atomic E-state index is 13.4. The topological polar surface area (TPSA) is 74.7 Å². The number of carbonyl (C=O) groups excluding carboxylic acids is 2. The molecule has 3 rings (SSSR count). The van der Waals surface area contributed by atoms with Crippen LogP contribution in [0.3, 0.4) is 0 Å². The van der Waals surface area contributed by atoms with Crippen molar-refractivity contribution < 1.29 is 14.0 Å². The lowest BCUT2D eigenvalue weighted by Gasteiger charge is -2.18. The zero-order valence-corrected chi connectivity index (χ0v) is 14.8. The average Bonchev–Trinajstić information content (AvgIpc) is 2.58. The molecule has 26 heavy (non-hydrogen) atoms. The monoisotopic (exact) mass is 374 g/mol. The van der Waals surface area contributed by atoms with Gasteiger partial charge >= 0.3 is 0 Å². The van der Waals surface area contributed by atoms with Crippen LogP contribution in [0.2, 0.25) is 5.02 Å². The van der Waals surface area contributed by atoms with Crippen molar-refractivity contribution in [1.29, 1.82) is 0 Å². The van der Waals surface area contributed by atoms with Crippen LogP contribution in [0.4, 0.5) is 10.2 Å². The summed E-state index contributed by atoms with van der Waals surface area (Å²) in [5.41, 5.74) is 1.87. The van der Waals surface area contributed by atoms with Crippen LogP contribution in [0.15, 0.2) is 41.6 Å². The van der Waals surface area contributed by atoms with E-state index in [1.54, 1.807) is 24.4 Å². The summed E-state index contributed by atoms with van der Waals surface area (Å²) in [4.78, 5) is 27.8. The Labute approximate surface area is 154 Å². The molecule has 134 valence electrons. The van der Waals surface area contributed by atoms with Crippen LogP contribution < -0.4 is 5.32 Å². The van der Waals surface area contributed by atoms with E-state index in [9.17, 15) is 14.0 Å². The Morgan fingerprint density at radius 1 is 1.27 bits per heavy atom. The molecule has 1 aliphatic heterocycles. The Bertz CT molecular complexity index is 863. The molecule has 2 heterocycles. The molecule has 1 aromatic heterocycles. The molecule has 0 unspecified atom stereocenters. The van der Waals surface area contributed by atoms with Gasteiger partial charge in [-0.05, 0) is 41.8 Å². The van der Waals surface area contributed by atoms with Crippen LogP contribution in [0, 0.1) is 5.82 Å². The molecule has 0 radical (unpaired) electrons. The summed E-state index contributed by atoms with van der Waals surface area (Å²) in [6.07, 6.45) is 2.63. The maximum Gasteiger partial charge on any atom is 0.273 e. The number of rotatable bonds is 4. The highest BCUT2D eigenvalue weighted by atomic mass is 35.5. The number of aromatic nitrogens is 1. The second-order valence-electron chi connectivity index (χ2n) is 5.92. The van der Waals surface area contributed by atoms with Gasteiger partial charge in [-0.25, -0.2) is 14.4 Å². The largest absolute Gasteiger partial charge is 0.305 e. The van der Waals surface area contributed by atoms with E-state index in [1.807, 2.05) is 0 Å². The Hall–Kier alpha value is -2.80. The van der Waals surface area contributed by atoms with E-state index in [0.717, 1.165) is 11.1 Å². The average molecular weight is 375 g/mol. The molecule has 2 aromatic rings. The highest BCUT2D eigenvalue weighted by molar-refractivity contribution is 6.43. The minimum atomic E-state index is -0.388. The SMILES string of the molecule is CN1N=C(C(=O)Nc2ccc(Cc3cc(F)cc(Cl)c3)cn2)CCC1=O. The van der Waals surface area contributed by atoms with Crippen LogP contribution in [0.5, 0.6) is 0 Å². The first-order valence-electron chi connectivity index (χ1n) is 7.96. The predicted molar refractivity (Wildman–Crippen MR) is 96.5 cm³/mol.